The van der Waals surface area contributed by atoms with E-state index < -0.39 is 5.54 Å². The fourth-order valence-corrected chi connectivity index (χ4v) is 2.94. The minimum atomic E-state index is -0.853. The van der Waals surface area contributed by atoms with Crippen LogP contribution >= 0.6 is 27.7 Å². The first-order chi connectivity index (χ1) is 11.0. The Morgan fingerprint density at radius 3 is 2.52 bits per heavy atom. The lowest BCUT2D eigenvalue weighted by Gasteiger charge is -2.29. The molecule has 6 heteroatoms. The molecule has 0 aliphatic heterocycles. The van der Waals surface area contributed by atoms with Gasteiger partial charge >= 0.3 is 0 Å². The molecule has 0 aliphatic rings. The predicted octanol–water partition coefficient (Wildman–Crippen LogP) is 3.59. The molecule has 0 saturated heterocycles. The Bertz CT molecular complexity index is 661. The number of nitrogens with zero attached hydrogens (tertiary/aromatic N) is 1. The Kier molecular flexibility index (Phi) is 6.21. The smallest absolute Gasteiger partial charge is 0.253 e. The van der Waals surface area contributed by atoms with Crippen LogP contribution in [0, 0.1) is 0 Å². The standard InChI is InChI=1S/C17H19BrN2O2S/c1-3-23-15-9-4-12(10-19-15)16(22)20-17(2,11-21)13-5-7-14(18)8-6-13/h4-10,21H,3,11H2,1-2H3,(H,20,22). The maximum absolute atomic E-state index is 12.5. The number of amides is 1. The summed E-state index contributed by atoms with van der Waals surface area (Å²) in [5.41, 5.74) is 0.458. The molecule has 2 N–H and O–H groups in total. The van der Waals surface area contributed by atoms with E-state index in [0.717, 1.165) is 20.8 Å². The van der Waals surface area contributed by atoms with Crippen LogP contribution in [-0.2, 0) is 5.54 Å². The van der Waals surface area contributed by atoms with Crippen molar-refractivity contribution in [3.8, 4) is 0 Å². The van der Waals surface area contributed by atoms with Gasteiger partial charge < -0.3 is 10.4 Å². The summed E-state index contributed by atoms with van der Waals surface area (Å²) in [5, 5.41) is 13.6. The van der Waals surface area contributed by atoms with E-state index in [-0.39, 0.29) is 12.5 Å². The van der Waals surface area contributed by atoms with E-state index in [9.17, 15) is 9.90 Å². The van der Waals surface area contributed by atoms with Gasteiger partial charge in [0.1, 0.15) is 0 Å². The molecule has 1 amide bonds. The van der Waals surface area contributed by atoms with Crippen LogP contribution in [-0.4, -0.2) is 28.4 Å². The fraction of sp³-hybridized carbons (Fsp3) is 0.294. The van der Waals surface area contributed by atoms with Crippen LogP contribution in [0.25, 0.3) is 0 Å². The average molecular weight is 395 g/mol. The largest absolute Gasteiger partial charge is 0.394 e. The maximum Gasteiger partial charge on any atom is 0.253 e. The number of halogens is 1. The second-order valence-corrected chi connectivity index (χ2v) is 7.47. The lowest BCUT2D eigenvalue weighted by Crippen LogP contribution is -2.46. The number of benzene rings is 1. The van der Waals surface area contributed by atoms with Gasteiger partial charge in [0.2, 0.25) is 0 Å². The van der Waals surface area contributed by atoms with Crippen LogP contribution in [0.1, 0.15) is 29.8 Å². The molecule has 0 radical (unpaired) electrons. The van der Waals surface area contributed by atoms with E-state index in [1.54, 1.807) is 30.9 Å². The Labute approximate surface area is 148 Å². The van der Waals surface area contributed by atoms with Gasteiger partial charge in [0, 0.05) is 10.7 Å². The lowest BCUT2D eigenvalue weighted by atomic mass is 9.92. The summed E-state index contributed by atoms with van der Waals surface area (Å²) in [5.74, 6) is 0.676. The highest BCUT2D eigenvalue weighted by molar-refractivity contribution is 9.10. The van der Waals surface area contributed by atoms with Crippen LogP contribution in [0.2, 0.25) is 0 Å². The second-order valence-electron chi connectivity index (χ2n) is 5.27. The third-order valence-electron chi connectivity index (χ3n) is 3.48. The molecule has 1 unspecified atom stereocenters. The van der Waals surface area contributed by atoms with Gasteiger partial charge in [-0.2, -0.15) is 0 Å². The zero-order valence-electron chi connectivity index (χ0n) is 13.0. The lowest BCUT2D eigenvalue weighted by molar-refractivity contribution is 0.0849. The summed E-state index contributed by atoms with van der Waals surface area (Å²) < 4.78 is 0.945. The first-order valence-electron chi connectivity index (χ1n) is 7.27. The SMILES string of the molecule is CCSc1ccc(C(=O)NC(C)(CO)c2ccc(Br)cc2)cn1. The van der Waals surface area contributed by atoms with Crippen molar-refractivity contribution >= 4 is 33.6 Å². The number of pyridine rings is 1. The van der Waals surface area contributed by atoms with Crippen molar-refractivity contribution in [2.24, 2.45) is 0 Å². The number of nitrogens with one attached hydrogen (secondary N) is 1. The number of aliphatic hydroxyl groups excluding tert-OH is 1. The molecule has 0 bridgehead atoms. The van der Waals surface area contributed by atoms with E-state index in [1.165, 1.54) is 0 Å². The Morgan fingerprint density at radius 1 is 1.30 bits per heavy atom. The van der Waals surface area contributed by atoms with Gasteiger partial charge in [-0.05, 0) is 42.5 Å². The number of carbonyl (C=O) groups is 1. The van der Waals surface area contributed by atoms with Gasteiger partial charge in [-0.3, -0.25) is 4.79 Å². The van der Waals surface area contributed by atoms with Crippen molar-refractivity contribution < 1.29 is 9.90 Å². The second kappa shape index (κ2) is 7.95. The van der Waals surface area contributed by atoms with Gasteiger partial charge in [0.25, 0.3) is 5.91 Å². The number of hydrogen-bond donors (Lipinski definition) is 2. The molecule has 2 aromatic rings. The zero-order valence-corrected chi connectivity index (χ0v) is 15.4. The summed E-state index contributed by atoms with van der Waals surface area (Å²) in [7, 11) is 0. The zero-order chi connectivity index (χ0) is 16.9. The monoisotopic (exact) mass is 394 g/mol. The molecular weight excluding hydrogens is 376 g/mol. The number of rotatable bonds is 6. The molecule has 4 nitrogen and oxygen atoms in total. The van der Waals surface area contributed by atoms with E-state index in [4.69, 9.17) is 0 Å². The predicted molar refractivity (Wildman–Crippen MR) is 96.7 cm³/mol. The fourth-order valence-electron chi connectivity index (χ4n) is 2.09. The third kappa shape index (κ3) is 4.56. The van der Waals surface area contributed by atoms with Gasteiger partial charge in [-0.1, -0.05) is 35.0 Å². The molecule has 0 saturated carbocycles. The summed E-state index contributed by atoms with van der Waals surface area (Å²) >= 11 is 5.01. The van der Waals surface area contributed by atoms with Gasteiger partial charge in [0.15, 0.2) is 0 Å². The Balaban J connectivity index is 2.17. The highest BCUT2D eigenvalue weighted by Gasteiger charge is 2.28. The molecule has 122 valence electrons. The molecule has 1 aromatic heterocycles. The Morgan fingerprint density at radius 2 is 2.00 bits per heavy atom. The van der Waals surface area contributed by atoms with Crippen LogP contribution in [0.5, 0.6) is 0 Å². The molecule has 1 atom stereocenters. The summed E-state index contributed by atoms with van der Waals surface area (Å²) in [6.45, 7) is 3.65. The van der Waals surface area contributed by atoms with E-state index in [2.05, 4.69) is 33.2 Å². The van der Waals surface area contributed by atoms with Crippen LogP contribution in [0.3, 0.4) is 0 Å². The van der Waals surface area contributed by atoms with Crippen molar-refractivity contribution in [2.45, 2.75) is 24.4 Å². The molecule has 0 fully saturated rings. The first kappa shape index (κ1) is 18.0. The highest BCUT2D eigenvalue weighted by Crippen LogP contribution is 2.23. The average Bonchev–Trinajstić information content (AvgIpc) is 2.56. The van der Waals surface area contributed by atoms with Gasteiger partial charge in [-0.15, -0.1) is 11.8 Å². The maximum atomic E-state index is 12.5. The molecule has 1 aromatic carbocycles. The van der Waals surface area contributed by atoms with E-state index in [0.29, 0.717) is 5.56 Å². The van der Waals surface area contributed by atoms with Crippen LogP contribution in [0.15, 0.2) is 52.1 Å². The Hall–Kier alpha value is -1.37. The molecular formula is C17H19BrN2O2S. The number of hydrogen-bond acceptors (Lipinski definition) is 4. The minimum absolute atomic E-state index is 0.197. The first-order valence-corrected chi connectivity index (χ1v) is 9.04. The van der Waals surface area contributed by atoms with Crippen LogP contribution in [0.4, 0.5) is 0 Å². The summed E-state index contributed by atoms with van der Waals surface area (Å²) in [6.07, 6.45) is 1.56. The van der Waals surface area contributed by atoms with Crippen molar-refractivity contribution in [3.05, 3.63) is 58.2 Å². The van der Waals surface area contributed by atoms with Crippen molar-refractivity contribution in [2.75, 3.05) is 12.4 Å². The summed E-state index contributed by atoms with van der Waals surface area (Å²) in [4.78, 5) is 16.7. The van der Waals surface area contributed by atoms with Crippen molar-refractivity contribution in [1.82, 2.24) is 10.3 Å². The molecule has 23 heavy (non-hydrogen) atoms. The topological polar surface area (TPSA) is 62.2 Å². The normalized spacial score (nSPS) is 13.4. The highest BCUT2D eigenvalue weighted by atomic mass is 79.9. The van der Waals surface area contributed by atoms with Crippen molar-refractivity contribution in [3.63, 3.8) is 0 Å². The minimum Gasteiger partial charge on any atom is -0.394 e. The van der Waals surface area contributed by atoms with Crippen molar-refractivity contribution in [1.29, 1.82) is 0 Å². The number of aromatic nitrogens is 1. The van der Waals surface area contributed by atoms with E-state index >= 15 is 0 Å². The number of thioether (sulfide) groups is 1. The number of aliphatic hydroxyl groups is 1. The quantitative estimate of drug-likeness (QED) is 0.734. The van der Waals surface area contributed by atoms with E-state index in [1.807, 2.05) is 30.3 Å². The number of carbonyl (C=O) groups excluding carboxylic acids is 1. The molecule has 1 heterocycles. The molecule has 0 spiro atoms. The molecule has 0 aliphatic carbocycles. The van der Waals surface area contributed by atoms with Crippen LogP contribution < -0.4 is 5.32 Å². The summed E-state index contributed by atoms with van der Waals surface area (Å²) in [6, 6.07) is 11.1. The van der Waals surface area contributed by atoms with Gasteiger partial charge in [-0.25, -0.2) is 4.98 Å². The molecule has 2 rings (SSSR count). The third-order valence-corrected chi connectivity index (χ3v) is 4.83. The van der Waals surface area contributed by atoms with Gasteiger partial charge in [0.05, 0.1) is 22.7 Å².